The Hall–Kier alpha value is -2.11. The molecule has 3 rings (SSSR count). The van der Waals surface area contributed by atoms with E-state index in [9.17, 15) is 4.79 Å². The van der Waals surface area contributed by atoms with Gasteiger partial charge in [-0.1, -0.05) is 40.6 Å². The average molecular weight is 347 g/mol. The van der Waals surface area contributed by atoms with Crippen LogP contribution in [0.25, 0.3) is 10.2 Å². The maximum atomic E-state index is 12.0. The van der Waals surface area contributed by atoms with Crippen LogP contribution in [0, 0.1) is 13.8 Å². The van der Waals surface area contributed by atoms with Crippen molar-refractivity contribution in [3.05, 3.63) is 52.5 Å². The lowest BCUT2D eigenvalue weighted by molar-refractivity contribution is -0.118. The van der Waals surface area contributed by atoms with Gasteiger partial charge in [0.25, 0.3) is 5.91 Å². The number of carbonyl (C=O) groups is 1. The predicted octanol–water partition coefficient (Wildman–Crippen LogP) is 4.58. The minimum Gasteiger partial charge on any atom is -0.484 e. The number of aryl methyl sites for hydroxylation is 2. The maximum absolute atomic E-state index is 12.0. The van der Waals surface area contributed by atoms with Crippen LogP contribution in [-0.4, -0.2) is 17.5 Å². The molecule has 1 amide bonds. The fourth-order valence-corrected chi connectivity index (χ4v) is 3.16. The van der Waals surface area contributed by atoms with Crippen molar-refractivity contribution in [1.82, 2.24) is 4.98 Å². The van der Waals surface area contributed by atoms with Crippen LogP contribution in [0.4, 0.5) is 5.13 Å². The minimum atomic E-state index is -0.243. The SMILES string of the molecule is Cc1ccc(OCC(=O)Nc2nc3cc(Cl)c(C)cc3s2)cc1. The molecule has 0 saturated heterocycles. The van der Waals surface area contributed by atoms with Gasteiger partial charge in [0, 0.05) is 5.02 Å². The molecule has 0 fully saturated rings. The van der Waals surface area contributed by atoms with E-state index in [1.807, 2.05) is 44.2 Å². The zero-order valence-corrected chi connectivity index (χ0v) is 14.3. The Morgan fingerprint density at radius 2 is 2.00 bits per heavy atom. The van der Waals surface area contributed by atoms with Gasteiger partial charge in [0.05, 0.1) is 10.2 Å². The molecular formula is C17H15ClN2O2S. The number of thiazole rings is 1. The standard InChI is InChI=1S/C17H15ClN2O2S/c1-10-3-5-12(6-4-10)22-9-16(21)20-17-19-14-8-13(18)11(2)7-15(14)23-17/h3-8H,9H2,1-2H3,(H,19,20,21). The lowest BCUT2D eigenvalue weighted by atomic mass is 10.2. The molecule has 0 saturated carbocycles. The summed E-state index contributed by atoms with van der Waals surface area (Å²) in [7, 11) is 0. The summed E-state index contributed by atoms with van der Waals surface area (Å²) in [4.78, 5) is 16.3. The second-order valence-corrected chi connectivity index (χ2v) is 6.68. The van der Waals surface area contributed by atoms with Crippen molar-refractivity contribution in [2.45, 2.75) is 13.8 Å². The molecule has 3 aromatic rings. The molecule has 0 radical (unpaired) electrons. The number of benzene rings is 2. The number of hydrogen-bond donors (Lipinski definition) is 1. The van der Waals surface area contributed by atoms with Gasteiger partial charge in [-0.2, -0.15) is 0 Å². The first kappa shape index (κ1) is 15.8. The molecule has 0 aliphatic heterocycles. The van der Waals surface area contributed by atoms with Crippen molar-refractivity contribution >= 4 is 44.2 Å². The summed E-state index contributed by atoms with van der Waals surface area (Å²) in [6.45, 7) is 3.88. The van der Waals surface area contributed by atoms with Crippen LogP contribution in [-0.2, 0) is 4.79 Å². The summed E-state index contributed by atoms with van der Waals surface area (Å²) < 4.78 is 6.44. The first-order valence-corrected chi connectivity index (χ1v) is 8.27. The van der Waals surface area contributed by atoms with Gasteiger partial charge < -0.3 is 4.74 Å². The number of ether oxygens (including phenoxy) is 1. The minimum absolute atomic E-state index is 0.0568. The molecule has 0 spiro atoms. The molecule has 118 valence electrons. The fraction of sp³-hybridized carbons (Fsp3) is 0.176. The molecule has 0 aliphatic carbocycles. The highest BCUT2D eigenvalue weighted by molar-refractivity contribution is 7.22. The fourth-order valence-electron chi connectivity index (χ4n) is 2.04. The number of amides is 1. The first-order valence-electron chi connectivity index (χ1n) is 7.07. The molecule has 1 heterocycles. The van der Waals surface area contributed by atoms with Crippen molar-refractivity contribution in [3.8, 4) is 5.75 Å². The molecule has 0 bridgehead atoms. The van der Waals surface area contributed by atoms with Gasteiger partial charge in [-0.25, -0.2) is 4.98 Å². The van der Waals surface area contributed by atoms with Gasteiger partial charge in [0.15, 0.2) is 11.7 Å². The summed E-state index contributed by atoms with van der Waals surface area (Å²) in [5.41, 5.74) is 2.91. The van der Waals surface area contributed by atoms with E-state index in [1.54, 1.807) is 6.07 Å². The highest BCUT2D eigenvalue weighted by Crippen LogP contribution is 2.30. The third-order valence-corrected chi connectivity index (χ3v) is 4.65. The Labute approximate surface area is 143 Å². The predicted molar refractivity (Wildman–Crippen MR) is 94.7 cm³/mol. The van der Waals surface area contributed by atoms with Gasteiger partial charge in [0.1, 0.15) is 5.75 Å². The van der Waals surface area contributed by atoms with Crippen molar-refractivity contribution in [2.75, 3.05) is 11.9 Å². The number of halogens is 1. The summed E-state index contributed by atoms with van der Waals surface area (Å²) in [6, 6.07) is 11.3. The lowest BCUT2D eigenvalue weighted by Gasteiger charge is -2.05. The summed E-state index contributed by atoms with van der Waals surface area (Å²) in [5, 5.41) is 3.96. The highest BCUT2D eigenvalue weighted by Gasteiger charge is 2.10. The number of fused-ring (bicyclic) bond motifs is 1. The van der Waals surface area contributed by atoms with Crippen molar-refractivity contribution < 1.29 is 9.53 Å². The zero-order chi connectivity index (χ0) is 16.4. The number of rotatable bonds is 4. The second-order valence-electron chi connectivity index (χ2n) is 5.24. The third-order valence-electron chi connectivity index (χ3n) is 3.31. The Kier molecular flexibility index (Phi) is 4.50. The van der Waals surface area contributed by atoms with E-state index in [0.717, 1.165) is 21.3 Å². The molecule has 6 heteroatoms. The smallest absolute Gasteiger partial charge is 0.264 e. The number of carbonyl (C=O) groups excluding carboxylic acids is 1. The molecule has 0 atom stereocenters. The van der Waals surface area contributed by atoms with Gasteiger partial charge >= 0.3 is 0 Å². The van der Waals surface area contributed by atoms with E-state index in [-0.39, 0.29) is 12.5 Å². The van der Waals surface area contributed by atoms with E-state index in [0.29, 0.717) is 15.9 Å². The van der Waals surface area contributed by atoms with Crippen molar-refractivity contribution in [2.24, 2.45) is 0 Å². The summed E-state index contributed by atoms with van der Waals surface area (Å²) in [5.74, 6) is 0.421. The Morgan fingerprint density at radius 1 is 1.26 bits per heavy atom. The van der Waals surface area contributed by atoms with Crippen LogP contribution in [0.15, 0.2) is 36.4 Å². The van der Waals surface area contributed by atoms with E-state index in [1.165, 1.54) is 11.3 Å². The Bertz CT molecular complexity index is 820. The average Bonchev–Trinajstić information content (AvgIpc) is 2.88. The van der Waals surface area contributed by atoms with Crippen LogP contribution >= 0.6 is 22.9 Å². The molecule has 1 N–H and O–H groups in total. The lowest BCUT2D eigenvalue weighted by Crippen LogP contribution is -2.19. The van der Waals surface area contributed by atoms with Gasteiger partial charge in [-0.3, -0.25) is 10.1 Å². The maximum Gasteiger partial charge on any atom is 0.264 e. The molecular weight excluding hydrogens is 332 g/mol. The molecule has 2 aromatic carbocycles. The summed E-state index contributed by atoms with van der Waals surface area (Å²) in [6.07, 6.45) is 0. The summed E-state index contributed by atoms with van der Waals surface area (Å²) >= 11 is 7.50. The number of nitrogens with zero attached hydrogens (tertiary/aromatic N) is 1. The number of nitrogens with one attached hydrogen (secondary N) is 1. The van der Waals surface area contributed by atoms with E-state index < -0.39 is 0 Å². The molecule has 0 unspecified atom stereocenters. The van der Waals surface area contributed by atoms with E-state index in [2.05, 4.69) is 10.3 Å². The van der Waals surface area contributed by atoms with Crippen LogP contribution in [0.2, 0.25) is 5.02 Å². The number of hydrogen-bond acceptors (Lipinski definition) is 4. The topological polar surface area (TPSA) is 51.2 Å². The molecule has 4 nitrogen and oxygen atoms in total. The number of aromatic nitrogens is 1. The Morgan fingerprint density at radius 3 is 2.74 bits per heavy atom. The molecule has 23 heavy (non-hydrogen) atoms. The third kappa shape index (κ3) is 3.81. The monoisotopic (exact) mass is 346 g/mol. The van der Waals surface area contributed by atoms with Crippen LogP contribution in [0.1, 0.15) is 11.1 Å². The van der Waals surface area contributed by atoms with Crippen LogP contribution in [0.3, 0.4) is 0 Å². The second kappa shape index (κ2) is 6.56. The quantitative estimate of drug-likeness (QED) is 0.752. The largest absolute Gasteiger partial charge is 0.484 e. The van der Waals surface area contributed by atoms with E-state index in [4.69, 9.17) is 16.3 Å². The van der Waals surface area contributed by atoms with Gasteiger partial charge in [0.2, 0.25) is 0 Å². The van der Waals surface area contributed by atoms with Crippen molar-refractivity contribution in [3.63, 3.8) is 0 Å². The normalized spacial score (nSPS) is 10.7. The first-order chi connectivity index (χ1) is 11.0. The molecule has 1 aromatic heterocycles. The van der Waals surface area contributed by atoms with Gasteiger partial charge in [-0.15, -0.1) is 0 Å². The van der Waals surface area contributed by atoms with Crippen LogP contribution < -0.4 is 10.1 Å². The van der Waals surface area contributed by atoms with Crippen molar-refractivity contribution in [1.29, 1.82) is 0 Å². The van der Waals surface area contributed by atoms with Crippen LogP contribution in [0.5, 0.6) is 5.75 Å². The van der Waals surface area contributed by atoms with E-state index >= 15 is 0 Å². The zero-order valence-electron chi connectivity index (χ0n) is 12.7. The highest BCUT2D eigenvalue weighted by atomic mass is 35.5. The Balaban J connectivity index is 1.64. The van der Waals surface area contributed by atoms with Gasteiger partial charge in [-0.05, 0) is 43.7 Å². The molecule has 0 aliphatic rings. The number of anilines is 1.